The molecule has 0 aliphatic heterocycles. The maximum atomic E-state index is 12.8. The molecule has 1 atom stereocenters. The van der Waals surface area contributed by atoms with Gasteiger partial charge in [-0.3, -0.25) is 0 Å². The van der Waals surface area contributed by atoms with Crippen LogP contribution in [0.5, 0.6) is 0 Å². The molecule has 1 N–H and O–H groups in total. The van der Waals surface area contributed by atoms with E-state index in [0.29, 0.717) is 16.1 Å². The molecule has 17 heavy (non-hydrogen) atoms. The van der Waals surface area contributed by atoms with E-state index < -0.39 is 6.10 Å². The standard InChI is InChI=1S/C13H9BrClFO/c14-9-3-6-11(12(15)7-9)13(17)8-1-4-10(16)5-2-8/h1-7,13,17H. The Morgan fingerprint density at radius 2 is 1.76 bits per heavy atom. The molecule has 0 saturated heterocycles. The first-order valence-electron chi connectivity index (χ1n) is 4.96. The van der Waals surface area contributed by atoms with Gasteiger partial charge < -0.3 is 5.11 Å². The molecule has 0 spiro atoms. The summed E-state index contributed by atoms with van der Waals surface area (Å²) in [6, 6.07) is 10.9. The van der Waals surface area contributed by atoms with Gasteiger partial charge in [-0.1, -0.05) is 45.7 Å². The van der Waals surface area contributed by atoms with Crippen LogP contribution in [0.3, 0.4) is 0 Å². The van der Waals surface area contributed by atoms with Gasteiger partial charge in [0.25, 0.3) is 0 Å². The minimum absolute atomic E-state index is 0.331. The lowest BCUT2D eigenvalue weighted by atomic mass is 10.0. The van der Waals surface area contributed by atoms with E-state index in [0.717, 1.165) is 4.47 Å². The van der Waals surface area contributed by atoms with Crippen LogP contribution in [0.15, 0.2) is 46.9 Å². The largest absolute Gasteiger partial charge is 0.384 e. The molecule has 0 aliphatic rings. The lowest BCUT2D eigenvalue weighted by Crippen LogP contribution is -2.00. The lowest BCUT2D eigenvalue weighted by Gasteiger charge is -2.13. The van der Waals surface area contributed by atoms with Gasteiger partial charge in [0.05, 0.1) is 0 Å². The van der Waals surface area contributed by atoms with E-state index in [4.69, 9.17) is 11.6 Å². The molecule has 88 valence electrons. The molecular weight excluding hydrogens is 306 g/mol. The number of benzene rings is 2. The number of hydrogen-bond acceptors (Lipinski definition) is 1. The van der Waals surface area contributed by atoms with Crippen LogP contribution in [-0.2, 0) is 0 Å². The molecule has 1 nitrogen and oxygen atoms in total. The minimum Gasteiger partial charge on any atom is -0.384 e. The quantitative estimate of drug-likeness (QED) is 0.875. The Morgan fingerprint density at radius 3 is 2.35 bits per heavy atom. The predicted octanol–water partition coefficient (Wildman–Crippen LogP) is 4.32. The van der Waals surface area contributed by atoms with Crippen LogP contribution in [-0.4, -0.2) is 5.11 Å². The van der Waals surface area contributed by atoms with Crippen molar-refractivity contribution in [3.63, 3.8) is 0 Å². The van der Waals surface area contributed by atoms with E-state index in [2.05, 4.69) is 15.9 Å². The third kappa shape index (κ3) is 2.86. The fourth-order valence-corrected chi connectivity index (χ4v) is 2.32. The summed E-state index contributed by atoms with van der Waals surface area (Å²) in [5.74, 6) is -0.331. The van der Waals surface area contributed by atoms with Gasteiger partial charge in [-0.05, 0) is 29.8 Å². The van der Waals surface area contributed by atoms with Gasteiger partial charge in [-0.2, -0.15) is 0 Å². The summed E-state index contributed by atoms with van der Waals surface area (Å²) in [6.45, 7) is 0. The van der Waals surface area contributed by atoms with Gasteiger partial charge >= 0.3 is 0 Å². The summed E-state index contributed by atoms with van der Waals surface area (Å²) in [6.07, 6.45) is -0.851. The van der Waals surface area contributed by atoms with Crippen molar-refractivity contribution in [2.75, 3.05) is 0 Å². The van der Waals surface area contributed by atoms with Crippen LogP contribution in [0.2, 0.25) is 5.02 Å². The minimum atomic E-state index is -0.851. The highest BCUT2D eigenvalue weighted by Gasteiger charge is 2.13. The molecule has 2 aromatic carbocycles. The Morgan fingerprint density at radius 1 is 1.12 bits per heavy atom. The summed E-state index contributed by atoms with van der Waals surface area (Å²) in [5, 5.41) is 10.6. The molecule has 0 heterocycles. The molecular formula is C13H9BrClFO. The van der Waals surface area contributed by atoms with Gasteiger partial charge in [-0.15, -0.1) is 0 Å². The van der Waals surface area contributed by atoms with Crippen molar-refractivity contribution < 1.29 is 9.50 Å². The Kier molecular flexibility index (Phi) is 3.82. The highest BCUT2D eigenvalue weighted by Crippen LogP contribution is 2.30. The van der Waals surface area contributed by atoms with Crippen molar-refractivity contribution in [3.05, 3.63) is 68.9 Å². The summed E-state index contributed by atoms with van der Waals surface area (Å²) in [7, 11) is 0. The molecule has 0 amide bonds. The zero-order chi connectivity index (χ0) is 12.4. The van der Waals surface area contributed by atoms with E-state index >= 15 is 0 Å². The zero-order valence-electron chi connectivity index (χ0n) is 8.70. The first-order valence-corrected chi connectivity index (χ1v) is 6.13. The maximum absolute atomic E-state index is 12.8. The Balaban J connectivity index is 2.36. The normalized spacial score (nSPS) is 12.5. The highest BCUT2D eigenvalue weighted by molar-refractivity contribution is 9.10. The third-order valence-electron chi connectivity index (χ3n) is 2.44. The van der Waals surface area contributed by atoms with Crippen molar-refractivity contribution in [1.29, 1.82) is 0 Å². The topological polar surface area (TPSA) is 20.2 Å². The van der Waals surface area contributed by atoms with E-state index in [-0.39, 0.29) is 5.82 Å². The van der Waals surface area contributed by atoms with Crippen molar-refractivity contribution in [2.45, 2.75) is 6.10 Å². The van der Waals surface area contributed by atoms with E-state index in [1.54, 1.807) is 30.3 Å². The van der Waals surface area contributed by atoms with Crippen molar-refractivity contribution >= 4 is 27.5 Å². The van der Waals surface area contributed by atoms with Gasteiger partial charge in [-0.25, -0.2) is 4.39 Å². The van der Waals surface area contributed by atoms with Crippen LogP contribution in [0, 0.1) is 5.82 Å². The summed E-state index contributed by atoms with van der Waals surface area (Å²) in [4.78, 5) is 0. The monoisotopic (exact) mass is 314 g/mol. The molecule has 0 bridgehead atoms. The fraction of sp³-hybridized carbons (Fsp3) is 0.0769. The van der Waals surface area contributed by atoms with Crippen LogP contribution in [0.25, 0.3) is 0 Å². The van der Waals surface area contributed by atoms with Crippen molar-refractivity contribution in [2.24, 2.45) is 0 Å². The highest BCUT2D eigenvalue weighted by atomic mass is 79.9. The SMILES string of the molecule is OC(c1ccc(F)cc1)c1ccc(Br)cc1Cl. The van der Waals surface area contributed by atoms with Gasteiger partial charge in [0.1, 0.15) is 11.9 Å². The molecule has 0 saturated carbocycles. The fourth-order valence-electron chi connectivity index (χ4n) is 1.55. The third-order valence-corrected chi connectivity index (χ3v) is 3.26. The molecule has 1 unspecified atom stereocenters. The number of aliphatic hydroxyl groups excluding tert-OH is 1. The Hall–Kier alpha value is -0.900. The van der Waals surface area contributed by atoms with Crippen molar-refractivity contribution in [1.82, 2.24) is 0 Å². The number of rotatable bonds is 2. The smallest absolute Gasteiger partial charge is 0.123 e. The van der Waals surface area contributed by atoms with Gasteiger partial charge in [0.2, 0.25) is 0 Å². The number of hydrogen-bond donors (Lipinski definition) is 1. The first-order chi connectivity index (χ1) is 8.08. The summed E-state index contributed by atoms with van der Waals surface area (Å²) < 4.78 is 13.6. The predicted molar refractivity (Wildman–Crippen MR) is 69.6 cm³/mol. The second kappa shape index (κ2) is 5.17. The molecule has 2 rings (SSSR count). The van der Waals surface area contributed by atoms with Gasteiger partial charge in [0, 0.05) is 15.1 Å². The summed E-state index contributed by atoms with van der Waals surface area (Å²) >= 11 is 9.34. The Labute approximate surface area is 112 Å². The zero-order valence-corrected chi connectivity index (χ0v) is 11.0. The average molecular weight is 316 g/mol. The molecule has 4 heteroatoms. The van der Waals surface area contributed by atoms with Crippen LogP contribution < -0.4 is 0 Å². The molecule has 0 radical (unpaired) electrons. The number of halogens is 3. The van der Waals surface area contributed by atoms with E-state index in [1.165, 1.54) is 12.1 Å². The first kappa shape index (κ1) is 12.6. The van der Waals surface area contributed by atoms with Gasteiger partial charge in [0.15, 0.2) is 0 Å². The van der Waals surface area contributed by atoms with Crippen molar-refractivity contribution in [3.8, 4) is 0 Å². The molecule has 2 aromatic rings. The van der Waals surface area contributed by atoms with E-state index in [1.807, 2.05) is 0 Å². The maximum Gasteiger partial charge on any atom is 0.123 e. The average Bonchev–Trinajstić information content (AvgIpc) is 2.29. The van der Waals surface area contributed by atoms with Crippen LogP contribution in [0.1, 0.15) is 17.2 Å². The molecule has 0 aromatic heterocycles. The summed E-state index contributed by atoms with van der Waals surface area (Å²) in [5.41, 5.74) is 1.21. The second-order valence-electron chi connectivity index (χ2n) is 3.62. The molecule has 0 fully saturated rings. The lowest BCUT2D eigenvalue weighted by molar-refractivity contribution is 0.220. The Bertz CT molecular complexity index is 527. The second-order valence-corrected chi connectivity index (χ2v) is 4.94. The molecule has 0 aliphatic carbocycles. The van der Waals surface area contributed by atoms with Crippen LogP contribution >= 0.6 is 27.5 Å². The van der Waals surface area contributed by atoms with Crippen LogP contribution in [0.4, 0.5) is 4.39 Å². The number of aliphatic hydroxyl groups is 1. The van der Waals surface area contributed by atoms with E-state index in [9.17, 15) is 9.50 Å².